The molecule has 7 heteroatoms. The van der Waals surface area contributed by atoms with Crippen LogP contribution in [0, 0.1) is 6.92 Å². The first-order chi connectivity index (χ1) is 11.0. The molecule has 1 heterocycles. The minimum absolute atomic E-state index is 0.165. The second-order valence-electron chi connectivity index (χ2n) is 4.95. The molecule has 0 fully saturated rings. The fourth-order valence-corrected chi connectivity index (χ4v) is 2.18. The lowest BCUT2D eigenvalue weighted by atomic mass is 10.1. The highest BCUT2D eigenvalue weighted by Crippen LogP contribution is 2.28. The maximum Gasteiger partial charge on any atom is 0.271 e. The molecule has 0 aliphatic rings. The van der Waals surface area contributed by atoms with Crippen LogP contribution in [-0.4, -0.2) is 36.9 Å². The number of aryl methyl sites for hydroxylation is 1. The van der Waals surface area contributed by atoms with Gasteiger partial charge in [-0.15, -0.1) is 0 Å². The van der Waals surface area contributed by atoms with Crippen LogP contribution < -0.4 is 20.3 Å². The lowest BCUT2D eigenvalue weighted by Gasteiger charge is -2.13. The summed E-state index contributed by atoms with van der Waals surface area (Å²) in [5, 5.41) is 8.66. The van der Waals surface area contributed by atoms with E-state index >= 15 is 0 Å². The highest BCUT2D eigenvalue weighted by molar-refractivity contribution is 5.91. The smallest absolute Gasteiger partial charge is 0.271 e. The molecule has 2 N–H and O–H groups in total. The number of hydrogen-bond acceptors (Lipinski definition) is 5. The Morgan fingerprint density at radius 2 is 1.96 bits per heavy atom. The van der Waals surface area contributed by atoms with Crippen LogP contribution in [0.15, 0.2) is 29.1 Å². The minimum Gasteiger partial charge on any atom is -0.496 e. The summed E-state index contributed by atoms with van der Waals surface area (Å²) in [7, 11) is 3.22. The molecule has 0 saturated heterocycles. The molecule has 0 unspecified atom stereocenters. The maximum atomic E-state index is 11.9. The van der Waals surface area contributed by atoms with Crippen molar-refractivity contribution < 1.29 is 14.3 Å². The topological polar surface area (TPSA) is 93.3 Å². The predicted molar refractivity (Wildman–Crippen MR) is 85.2 cm³/mol. The maximum absolute atomic E-state index is 11.9. The van der Waals surface area contributed by atoms with E-state index < -0.39 is 0 Å². The molecule has 1 aromatic heterocycles. The summed E-state index contributed by atoms with van der Waals surface area (Å²) in [6.45, 7) is 2.34. The van der Waals surface area contributed by atoms with Gasteiger partial charge in [0, 0.05) is 12.6 Å². The van der Waals surface area contributed by atoms with Gasteiger partial charge in [-0.05, 0) is 42.7 Å². The molecule has 122 valence electrons. The molecule has 1 amide bonds. The molecule has 0 atom stereocenters. The van der Waals surface area contributed by atoms with Gasteiger partial charge in [0.05, 0.1) is 14.2 Å². The van der Waals surface area contributed by atoms with Crippen molar-refractivity contribution in [3.05, 3.63) is 51.4 Å². The number of ether oxygens (including phenoxy) is 2. The molecule has 2 aromatic rings. The van der Waals surface area contributed by atoms with Gasteiger partial charge in [-0.25, -0.2) is 5.10 Å². The van der Waals surface area contributed by atoms with Gasteiger partial charge in [0.25, 0.3) is 11.5 Å². The SMILES string of the molecule is COc1cc(CCNC(=O)c2ccc(=O)[nH]n2)c(OC)cc1C. The Balaban J connectivity index is 2.02. The number of aromatic nitrogens is 2. The van der Waals surface area contributed by atoms with Crippen LogP contribution in [0.3, 0.4) is 0 Å². The monoisotopic (exact) mass is 317 g/mol. The Hall–Kier alpha value is -2.83. The summed E-state index contributed by atoms with van der Waals surface area (Å²) in [4.78, 5) is 22.9. The molecule has 0 radical (unpaired) electrons. The van der Waals surface area contributed by atoms with Gasteiger partial charge in [-0.3, -0.25) is 9.59 Å². The largest absolute Gasteiger partial charge is 0.496 e. The van der Waals surface area contributed by atoms with Crippen LogP contribution >= 0.6 is 0 Å². The highest BCUT2D eigenvalue weighted by Gasteiger charge is 2.10. The first-order valence-corrected chi connectivity index (χ1v) is 7.10. The normalized spacial score (nSPS) is 10.2. The van der Waals surface area contributed by atoms with Crippen LogP contribution in [0.1, 0.15) is 21.6 Å². The number of amides is 1. The fourth-order valence-electron chi connectivity index (χ4n) is 2.18. The van der Waals surface area contributed by atoms with Crippen molar-refractivity contribution in [2.45, 2.75) is 13.3 Å². The summed E-state index contributed by atoms with van der Waals surface area (Å²) in [6, 6.07) is 6.44. The van der Waals surface area contributed by atoms with Gasteiger partial charge in [0.1, 0.15) is 17.2 Å². The lowest BCUT2D eigenvalue weighted by molar-refractivity contribution is 0.0948. The number of aromatic amines is 1. The summed E-state index contributed by atoms with van der Waals surface area (Å²) in [5.74, 6) is 1.17. The summed E-state index contributed by atoms with van der Waals surface area (Å²) >= 11 is 0. The third kappa shape index (κ3) is 4.09. The number of nitrogens with zero attached hydrogens (tertiary/aromatic N) is 1. The Bertz CT molecular complexity index is 735. The number of H-pyrrole nitrogens is 1. The van der Waals surface area contributed by atoms with E-state index in [0.717, 1.165) is 22.6 Å². The van der Waals surface area contributed by atoms with E-state index in [2.05, 4.69) is 15.5 Å². The van der Waals surface area contributed by atoms with E-state index in [0.29, 0.717) is 13.0 Å². The summed E-state index contributed by atoms with van der Waals surface area (Å²) < 4.78 is 10.7. The fraction of sp³-hybridized carbons (Fsp3) is 0.312. The van der Waals surface area contributed by atoms with Crippen LogP contribution in [0.4, 0.5) is 0 Å². The van der Waals surface area contributed by atoms with Crippen LogP contribution in [-0.2, 0) is 6.42 Å². The van der Waals surface area contributed by atoms with E-state index in [1.54, 1.807) is 14.2 Å². The number of benzene rings is 1. The molecular formula is C16H19N3O4. The number of hydrogen-bond donors (Lipinski definition) is 2. The average molecular weight is 317 g/mol. The van der Waals surface area contributed by atoms with Gasteiger partial charge in [-0.2, -0.15) is 5.10 Å². The number of rotatable bonds is 6. The standard InChI is InChI=1S/C16H19N3O4/c1-10-8-14(23-3)11(9-13(10)22-2)6-7-17-16(21)12-4-5-15(20)19-18-12/h4-5,8-9H,6-7H2,1-3H3,(H,17,21)(H,19,20). The predicted octanol–water partition coefficient (Wildman–Crippen LogP) is 1.07. The average Bonchev–Trinajstić information content (AvgIpc) is 2.56. The van der Waals surface area contributed by atoms with Crippen LogP contribution in [0.25, 0.3) is 0 Å². The van der Waals surface area contributed by atoms with Crippen molar-refractivity contribution in [2.75, 3.05) is 20.8 Å². The zero-order chi connectivity index (χ0) is 16.8. The molecule has 1 aromatic carbocycles. The molecule has 0 aliphatic carbocycles. The van der Waals surface area contributed by atoms with Crippen LogP contribution in [0.2, 0.25) is 0 Å². The molecule has 7 nitrogen and oxygen atoms in total. The first kappa shape index (κ1) is 16.5. The van der Waals surface area contributed by atoms with E-state index in [-0.39, 0.29) is 17.2 Å². The van der Waals surface area contributed by atoms with Gasteiger partial charge in [0.2, 0.25) is 0 Å². The Kier molecular flexibility index (Phi) is 5.35. The van der Waals surface area contributed by atoms with E-state index in [1.165, 1.54) is 12.1 Å². The van der Waals surface area contributed by atoms with Crippen molar-refractivity contribution >= 4 is 5.91 Å². The van der Waals surface area contributed by atoms with Crippen molar-refractivity contribution in [1.82, 2.24) is 15.5 Å². The van der Waals surface area contributed by atoms with Crippen molar-refractivity contribution in [3.8, 4) is 11.5 Å². The van der Waals surface area contributed by atoms with Crippen LogP contribution in [0.5, 0.6) is 11.5 Å². The summed E-state index contributed by atoms with van der Waals surface area (Å²) in [6.07, 6.45) is 0.578. The Labute approximate surface area is 133 Å². The second-order valence-corrected chi connectivity index (χ2v) is 4.95. The number of carbonyl (C=O) groups excluding carboxylic acids is 1. The Morgan fingerprint density at radius 3 is 2.57 bits per heavy atom. The zero-order valence-electron chi connectivity index (χ0n) is 13.3. The third-order valence-electron chi connectivity index (χ3n) is 3.39. The molecule has 0 spiro atoms. The zero-order valence-corrected chi connectivity index (χ0v) is 13.3. The Morgan fingerprint density at radius 1 is 1.22 bits per heavy atom. The number of methoxy groups -OCH3 is 2. The van der Waals surface area contributed by atoms with Gasteiger partial charge >= 0.3 is 0 Å². The minimum atomic E-state index is -0.349. The second kappa shape index (κ2) is 7.44. The van der Waals surface area contributed by atoms with Crippen molar-refractivity contribution in [2.24, 2.45) is 0 Å². The summed E-state index contributed by atoms with van der Waals surface area (Å²) in [5.41, 5.74) is 1.73. The molecule has 23 heavy (non-hydrogen) atoms. The van der Waals surface area contributed by atoms with E-state index in [9.17, 15) is 9.59 Å². The van der Waals surface area contributed by atoms with E-state index in [4.69, 9.17) is 9.47 Å². The molecule has 0 saturated carbocycles. The van der Waals surface area contributed by atoms with Gasteiger partial charge in [0.15, 0.2) is 0 Å². The number of carbonyl (C=O) groups is 1. The number of nitrogens with one attached hydrogen (secondary N) is 2. The molecule has 0 aliphatic heterocycles. The quantitative estimate of drug-likeness (QED) is 0.831. The molecular weight excluding hydrogens is 298 g/mol. The van der Waals surface area contributed by atoms with Crippen molar-refractivity contribution in [1.29, 1.82) is 0 Å². The lowest BCUT2D eigenvalue weighted by Crippen LogP contribution is -2.27. The first-order valence-electron chi connectivity index (χ1n) is 7.10. The van der Waals surface area contributed by atoms with Gasteiger partial charge in [-0.1, -0.05) is 0 Å². The third-order valence-corrected chi connectivity index (χ3v) is 3.39. The van der Waals surface area contributed by atoms with Gasteiger partial charge < -0.3 is 14.8 Å². The molecule has 2 rings (SSSR count). The molecule has 0 bridgehead atoms. The highest BCUT2D eigenvalue weighted by atomic mass is 16.5. The van der Waals surface area contributed by atoms with E-state index in [1.807, 2.05) is 19.1 Å². The van der Waals surface area contributed by atoms with Crippen molar-refractivity contribution in [3.63, 3.8) is 0 Å².